The van der Waals surface area contributed by atoms with E-state index in [1.807, 2.05) is 24.3 Å². The van der Waals surface area contributed by atoms with Crippen molar-refractivity contribution in [2.45, 2.75) is 10.8 Å². The third kappa shape index (κ3) is 5.22. The van der Waals surface area contributed by atoms with Crippen LogP contribution in [0.25, 0.3) is 0 Å². The van der Waals surface area contributed by atoms with Gasteiger partial charge in [-0.3, -0.25) is 9.59 Å². The Morgan fingerprint density at radius 2 is 2.04 bits per heavy atom. The molecular weight excluding hydrogens is 338 g/mol. The lowest BCUT2D eigenvalue weighted by Gasteiger charge is -2.07. The molecule has 0 fully saturated rings. The molecule has 1 aromatic carbocycles. The highest BCUT2D eigenvalue weighted by Crippen LogP contribution is 2.31. The van der Waals surface area contributed by atoms with Crippen molar-refractivity contribution in [1.82, 2.24) is 10.2 Å². The van der Waals surface area contributed by atoms with Crippen molar-refractivity contribution in [3.63, 3.8) is 0 Å². The highest BCUT2D eigenvalue weighted by Gasteiger charge is 2.13. The van der Waals surface area contributed by atoms with Gasteiger partial charge < -0.3 is 14.8 Å². The molecule has 7 nitrogen and oxygen atoms in total. The maximum atomic E-state index is 11.6. The number of anilines is 2. The Balaban J connectivity index is 1.91. The molecule has 0 saturated heterocycles. The molecule has 2 aromatic rings. The molecule has 0 aliphatic heterocycles. The SMILES string of the molecule is COC(=O)CC(=O)CSc1nnc(Nc2ccccc2OC)s1. The first-order valence-electron chi connectivity index (χ1n) is 6.57. The molecule has 2 rings (SSSR count). The number of para-hydroxylation sites is 2. The fraction of sp³-hybridized carbons (Fsp3) is 0.286. The normalized spacial score (nSPS) is 10.2. The Labute approximate surface area is 141 Å². The summed E-state index contributed by atoms with van der Waals surface area (Å²) in [7, 11) is 2.85. The Kier molecular flexibility index (Phi) is 6.36. The van der Waals surface area contributed by atoms with Crippen LogP contribution in [-0.4, -0.2) is 41.9 Å². The molecule has 0 aliphatic carbocycles. The second-order valence-corrected chi connectivity index (χ2v) is 6.48. The van der Waals surface area contributed by atoms with Crippen molar-refractivity contribution in [2.75, 3.05) is 25.3 Å². The fourth-order valence-corrected chi connectivity index (χ4v) is 3.23. The van der Waals surface area contributed by atoms with Gasteiger partial charge in [0.2, 0.25) is 5.13 Å². The predicted octanol–water partition coefficient (Wildman–Crippen LogP) is 2.51. The van der Waals surface area contributed by atoms with Gasteiger partial charge in [-0.2, -0.15) is 0 Å². The van der Waals surface area contributed by atoms with E-state index < -0.39 is 5.97 Å². The minimum atomic E-state index is -0.536. The van der Waals surface area contributed by atoms with E-state index in [0.717, 1.165) is 5.69 Å². The van der Waals surface area contributed by atoms with Crippen LogP contribution in [0.3, 0.4) is 0 Å². The maximum absolute atomic E-state index is 11.6. The van der Waals surface area contributed by atoms with Crippen molar-refractivity contribution >= 4 is 45.7 Å². The summed E-state index contributed by atoms with van der Waals surface area (Å²) in [5, 5.41) is 11.7. The number of thioether (sulfide) groups is 1. The van der Waals surface area contributed by atoms with Gasteiger partial charge in [-0.05, 0) is 12.1 Å². The molecule has 23 heavy (non-hydrogen) atoms. The first-order chi connectivity index (χ1) is 11.1. The lowest BCUT2D eigenvalue weighted by Crippen LogP contribution is -2.10. The van der Waals surface area contributed by atoms with Crippen molar-refractivity contribution < 1.29 is 19.1 Å². The van der Waals surface area contributed by atoms with Crippen molar-refractivity contribution in [2.24, 2.45) is 0 Å². The summed E-state index contributed by atoms with van der Waals surface area (Å²) >= 11 is 2.56. The summed E-state index contributed by atoms with van der Waals surface area (Å²) in [4.78, 5) is 22.6. The topological polar surface area (TPSA) is 90.4 Å². The average Bonchev–Trinajstić information content (AvgIpc) is 3.01. The van der Waals surface area contributed by atoms with E-state index in [1.54, 1.807) is 7.11 Å². The first kappa shape index (κ1) is 17.2. The van der Waals surface area contributed by atoms with Crippen LogP contribution in [-0.2, 0) is 14.3 Å². The molecular formula is C14H15N3O4S2. The van der Waals surface area contributed by atoms with Crippen LogP contribution in [0.5, 0.6) is 5.75 Å². The molecule has 122 valence electrons. The van der Waals surface area contributed by atoms with E-state index in [4.69, 9.17) is 4.74 Å². The average molecular weight is 353 g/mol. The Bertz CT molecular complexity index is 690. The third-order valence-electron chi connectivity index (χ3n) is 2.68. The number of methoxy groups -OCH3 is 2. The van der Waals surface area contributed by atoms with Crippen molar-refractivity contribution in [3.05, 3.63) is 24.3 Å². The number of ether oxygens (including phenoxy) is 2. The molecule has 1 N–H and O–H groups in total. The zero-order valence-electron chi connectivity index (χ0n) is 12.6. The number of hydrogen-bond acceptors (Lipinski definition) is 9. The quantitative estimate of drug-likeness (QED) is 0.440. The predicted molar refractivity (Wildman–Crippen MR) is 88.5 cm³/mol. The van der Waals surface area contributed by atoms with Gasteiger partial charge in [0.15, 0.2) is 10.1 Å². The number of ketones is 1. The second kappa shape index (κ2) is 8.49. The molecule has 1 heterocycles. The van der Waals surface area contributed by atoms with Crippen LogP contribution < -0.4 is 10.1 Å². The highest BCUT2D eigenvalue weighted by molar-refractivity contribution is 8.01. The zero-order valence-corrected chi connectivity index (χ0v) is 14.2. The molecule has 9 heteroatoms. The maximum Gasteiger partial charge on any atom is 0.313 e. The van der Waals surface area contributed by atoms with Crippen LogP contribution in [0.2, 0.25) is 0 Å². The van der Waals surface area contributed by atoms with Gasteiger partial charge in [0, 0.05) is 0 Å². The number of nitrogens with zero attached hydrogens (tertiary/aromatic N) is 2. The minimum absolute atomic E-state index is 0.151. The third-order valence-corrected chi connectivity index (χ3v) is 4.71. The van der Waals surface area contributed by atoms with Gasteiger partial charge >= 0.3 is 5.97 Å². The number of aromatic nitrogens is 2. The molecule has 0 bridgehead atoms. The van der Waals surface area contributed by atoms with Crippen molar-refractivity contribution in [1.29, 1.82) is 0 Å². The zero-order chi connectivity index (χ0) is 16.7. The van der Waals surface area contributed by atoms with E-state index in [-0.39, 0.29) is 18.0 Å². The summed E-state index contributed by atoms with van der Waals surface area (Å²) in [6.45, 7) is 0. The standard InChI is InChI=1S/C14H15N3O4S2/c1-20-11-6-4-3-5-10(11)15-13-16-17-14(23-13)22-8-9(18)7-12(19)21-2/h3-6H,7-8H2,1-2H3,(H,15,16). The van der Waals surface area contributed by atoms with E-state index in [1.165, 1.54) is 30.2 Å². The van der Waals surface area contributed by atoms with Gasteiger partial charge in [-0.1, -0.05) is 35.2 Å². The van der Waals surface area contributed by atoms with E-state index in [0.29, 0.717) is 15.2 Å². The van der Waals surface area contributed by atoms with Crippen LogP contribution in [0.15, 0.2) is 28.6 Å². The van der Waals surface area contributed by atoms with Crippen molar-refractivity contribution in [3.8, 4) is 5.75 Å². The van der Waals surface area contributed by atoms with Gasteiger partial charge in [-0.25, -0.2) is 0 Å². The number of carbonyl (C=O) groups excluding carboxylic acids is 2. The Morgan fingerprint density at radius 1 is 1.26 bits per heavy atom. The van der Waals surface area contributed by atoms with E-state index in [2.05, 4.69) is 20.3 Å². The second-order valence-electron chi connectivity index (χ2n) is 4.28. The number of nitrogens with one attached hydrogen (secondary N) is 1. The number of benzene rings is 1. The first-order valence-corrected chi connectivity index (χ1v) is 8.37. The van der Waals surface area contributed by atoms with Gasteiger partial charge in [0.25, 0.3) is 0 Å². The lowest BCUT2D eigenvalue weighted by molar-refractivity contribution is -0.142. The summed E-state index contributed by atoms with van der Waals surface area (Å²) in [5.41, 5.74) is 0.782. The minimum Gasteiger partial charge on any atom is -0.495 e. The molecule has 0 amide bonds. The largest absolute Gasteiger partial charge is 0.495 e. The van der Waals surface area contributed by atoms with Crippen LogP contribution in [0.4, 0.5) is 10.8 Å². The monoisotopic (exact) mass is 353 g/mol. The van der Waals surface area contributed by atoms with Crippen LogP contribution >= 0.6 is 23.1 Å². The number of carbonyl (C=O) groups is 2. The number of Topliss-reactive ketones (excluding diaryl/α,β-unsaturated/α-hetero) is 1. The number of hydrogen-bond donors (Lipinski definition) is 1. The summed E-state index contributed by atoms with van der Waals surface area (Å²) in [6.07, 6.45) is -0.228. The molecule has 0 atom stereocenters. The number of esters is 1. The van der Waals surface area contributed by atoms with Gasteiger partial charge in [0.1, 0.15) is 12.2 Å². The fourth-order valence-electron chi connectivity index (χ4n) is 1.61. The molecule has 0 unspecified atom stereocenters. The Hall–Kier alpha value is -2.13. The highest BCUT2D eigenvalue weighted by atomic mass is 32.2. The van der Waals surface area contributed by atoms with E-state index in [9.17, 15) is 9.59 Å². The molecule has 0 radical (unpaired) electrons. The molecule has 0 spiro atoms. The lowest BCUT2D eigenvalue weighted by atomic mass is 10.3. The Morgan fingerprint density at radius 3 is 2.78 bits per heavy atom. The molecule has 1 aromatic heterocycles. The summed E-state index contributed by atoms with van der Waals surface area (Å²) in [5.74, 6) is 0.103. The smallest absolute Gasteiger partial charge is 0.313 e. The molecule has 0 aliphatic rings. The summed E-state index contributed by atoms with van der Waals surface area (Å²) < 4.78 is 10.3. The van der Waals surface area contributed by atoms with Crippen LogP contribution in [0, 0.1) is 0 Å². The molecule has 0 saturated carbocycles. The van der Waals surface area contributed by atoms with Gasteiger partial charge in [0.05, 0.1) is 25.7 Å². The van der Waals surface area contributed by atoms with Crippen LogP contribution in [0.1, 0.15) is 6.42 Å². The number of rotatable bonds is 8. The summed E-state index contributed by atoms with van der Waals surface area (Å²) in [6, 6.07) is 7.46. The van der Waals surface area contributed by atoms with Gasteiger partial charge in [-0.15, -0.1) is 10.2 Å². The van der Waals surface area contributed by atoms with E-state index >= 15 is 0 Å².